The zero-order chi connectivity index (χ0) is 18.4. The normalized spacial score (nSPS) is 16.8. The summed E-state index contributed by atoms with van der Waals surface area (Å²) in [5.74, 6) is 2.07. The Morgan fingerprint density at radius 1 is 1.27 bits per heavy atom. The minimum atomic E-state index is -0.0302. The number of benzene rings is 1. The molecule has 1 aliphatic rings. The summed E-state index contributed by atoms with van der Waals surface area (Å²) in [7, 11) is 3.20. The maximum atomic E-state index is 12.5. The zero-order valence-corrected chi connectivity index (χ0v) is 15.1. The number of nitrogens with zero attached hydrogens (tertiary/aromatic N) is 3. The van der Waals surface area contributed by atoms with Crippen molar-refractivity contribution in [2.75, 3.05) is 32.2 Å². The number of carbonyl (C=O) groups excluding carboxylic acids is 1. The Balaban J connectivity index is 1.61. The first-order chi connectivity index (χ1) is 12.7. The number of rotatable bonds is 6. The Bertz CT molecular complexity index is 739. The number of anilines is 1. The number of amides is 1. The Kier molecular flexibility index (Phi) is 5.88. The first-order valence-corrected chi connectivity index (χ1v) is 8.72. The number of ether oxygens (including phenoxy) is 2. The number of hydrogen-bond donors (Lipinski definition) is 1. The molecule has 26 heavy (non-hydrogen) atoms. The van der Waals surface area contributed by atoms with Gasteiger partial charge in [0.05, 0.1) is 20.6 Å². The first-order valence-electron chi connectivity index (χ1n) is 8.72. The van der Waals surface area contributed by atoms with Crippen molar-refractivity contribution in [3.8, 4) is 11.5 Å². The molecular formula is C19H24N4O3. The third kappa shape index (κ3) is 4.41. The van der Waals surface area contributed by atoms with Crippen molar-refractivity contribution in [3.63, 3.8) is 0 Å². The highest BCUT2D eigenvalue weighted by molar-refractivity contribution is 5.80. The Hall–Kier alpha value is -2.83. The molecule has 0 aliphatic carbocycles. The summed E-state index contributed by atoms with van der Waals surface area (Å²) >= 11 is 0. The van der Waals surface area contributed by atoms with Gasteiger partial charge in [-0.15, -0.1) is 0 Å². The van der Waals surface area contributed by atoms with E-state index < -0.39 is 0 Å². The monoisotopic (exact) mass is 356 g/mol. The quantitative estimate of drug-likeness (QED) is 0.851. The van der Waals surface area contributed by atoms with E-state index in [-0.39, 0.29) is 18.4 Å². The molecule has 1 amide bonds. The van der Waals surface area contributed by atoms with E-state index in [1.807, 2.05) is 18.2 Å². The number of carbonyl (C=O) groups is 1. The van der Waals surface area contributed by atoms with Crippen molar-refractivity contribution in [2.24, 2.45) is 0 Å². The van der Waals surface area contributed by atoms with E-state index in [1.165, 1.54) is 0 Å². The topological polar surface area (TPSA) is 76.6 Å². The molecule has 138 valence electrons. The Labute approximate surface area is 153 Å². The molecule has 1 saturated heterocycles. The van der Waals surface area contributed by atoms with E-state index in [4.69, 9.17) is 9.47 Å². The van der Waals surface area contributed by atoms with Crippen LogP contribution in [0.1, 0.15) is 18.4 Å². The van der Waals surface area contributed by atoms with E-state index in [0.29, 0.717) is 24.0 Å². The highest BCUT2D eigenvalue weighted by Gasteiger charge is 2.23. The van der Waals surface area contributed by atoms with Crippen LogP contribution in [-0.4, -0.2) is 49.2 Å². The molecule has 2 heterocycles. The predicted octanol–water partition coefficient (Wildman–Crippen LogP) is 1.82. The van der Waals surface area contributed by atoms with Gasteiger partial charge in [-0.25, -0.2) is 9.97 Å². The van der Waals surface area contributed by atoms with Crippen molar-refractivity contribution in [3.05, 3.63) is 42.2 Å². The van der Waals surface area contributed by atoms with Gasteiger partial charge in [-0.1, -0.05) is 0 Å². The van der Waals surface area contributed by atoms with Crippen LogP contribution in [0.15, 0.2) is 36.7 Å². The van der Waals surface area contributed by atoms with E-state index in [9.17, 15) is 4.79 Å². The van der Waals surface area contributed by atoms with Crippen molar-refractivity contribution < 1.29 is 14.3 Å². The fraction of sp³-hybridized carbons (Fsp3) is 0.421. The van der Waals surface area contributed by atoms with Crippen molar-refractivity contribution >= 4 is 11.9 Å². The highest BCUT2D eigenvalue weighted by Crippen LogP contribution is 2.24. The van der Waals surface area contributed by atoms with Crippen LogP contribution in [-0.2, 0) is 11.2 Å². The second kappa shape index (κ2) is 8.51. The smallest absolute Gasteiger partial charge is 0.225 e. The average molecular weight is 356 g/mol. The van der Waals surface area contributed by atoms with Gasteiger partial charge < -0.3 is 19.7 Å². The fourth-order valence-electron chi connectivity index (χ4n) is 3.20. The van der Waals surface area contributed by atoms with Crippen LogP contribution in [0.25, 0.3) is 0 Å². The third-order valence-electron chi connectivity index (χ3n) is 4.46. The number of hydrogen-bond acceptors (Lipinski definition) is 6. The molecule has 1 N–H and O–H groups in total. The van der Waals surface area contributed by atoms with Gasteiger partial charge in [0.1, 0.15) is 11.5 Å². The van der Waals surface area contributed by atoms with Crippen LogP contribution >= 0.6 is 0 Å². The lowest BCUT2D eigenvalue weighted by Crippen LogP contribution is -2.48. The second-order valence-electron chi connectivity index (χ2n) is 6.26. The molecule has 0 saturated carbocycles. The van der Waals surface area contributed by atoms with Gasteiger partial charge in [0.25, 0.3) is 0 Å². The van der Waals surface area contributed by atoms with E-state index in [2.05, 4.69) is 20.2 Å². The number of aromatic nitrogens is 2. The SMILES string of the molecule is COc1ccc(OC)c(CC(=O)N[C@H]2CCCN(c3ncccn3)C2)c1. The number of piperidine rings is 1. The van der Waals surface area contributed by atoms with Crippen LogP contribution in [0.3, 0.4) is 0 Å². The molecule has 1 fully saturated rings. The minimum absolute atomic E-state index is 0.0302. The third-order valence-corrected chi connectivity index (χ3v) is 4.46. The lowest BCUT2D eigenvalue weighted by atomic mass is 10.0. The maximum Gasteiger partial charge on any atom is 0.225 e. The lowest BCUT2D eigenvalue weighted by molar-refractivity contribution is -0.121. The van der Waals surface area contributed by atoms with Crippen molar-refractivity contribution in [2.45, 2.75) is 25.3 Å². The second-order valence-corrected chi connectivity index (χ2v) is 6.26. The molecule has 1 aliphatic heterocycles. The Morgan fingerprint density at radius 3 is 2.81 bits per heavy atom. The fourth-order valence-corrected chi connectivity index (χ4v) is 3.20. The Morgan fingerprint density at radius 2 is 2.08 bits per heavy atom. The van der Waals surface area contributed by atoms with Gasteiger partial charge in [-0.05, 0) is 37.1 Å². The molecule has 0 unspecified atom stereocenters. The van der Waals surface area contributed by atoms with Crippen LogP contribution in [0.2, 0.25) is 0 Å². The summed E-state index contributed by atoms with van der Waals surface area (Å²) in [6.07, 6.45) is 5.66. The molecule has 1 atom stereocenters. The van der Waals surface area contributed by atoms with Gasteiger partial charge in [-0.3, -0.25) is 4.79 Å². The molecule has 7 nitrogen and oxygen atoms in total. The largest absolute Gasteiger partial charge is 0.497 e. The summed E-state index contributed by atoms with van der Waals surface area (Å²) < 4.78 is 10.6. The molecule has 3 rings (SSSR count). The van der Waals surface area contributed by atoms with Gasteiger partial charge in [-0.2, -0.15) is 0 Å². The van der Waals surface area contributed by atoms with Crippen molar-refractivity contribution in [1.29, 1.82) is 0 Å². The molecular weight excluding hydrogens is 332 g/mol. The van der Waals surface area contributed by atoms with E-state index in [1.54, 1.807) is 32.7 Å². The molecule has 0 spiro atoms. The van der Waals surface area contributed by atoms with Crippen molar-refractivity contribution in [1.82, 2.24) is 15.3 Å². The van der Waals surface area contributed by atoms with Crippen LogP contribution < -0.4 is 19.7 Å². The van der Waals surface area contributed by atoms with Gasteiger partial charge in [0.2, 0.25) is 11.9 Å². The summed E-state index contributed by atoms with van der Waals surface area (Å²) in [5, 5.41) is 3.12. The van der Waals surface area contributed by atoms with E-state index in [0.717, 1.165) is 24.9 Å². The number of nitrogens with one attached hydrogen (secondary N) is 1. The molecule has 0 bridgehead atoms. The zero-order valence-electron chi connectivity index (χ0n) is 15.1. The lowest BCUT2D eigenvalue weighted by Gasteiger charge is -2.33. The molecule has 2 aromatic rings. The minimum Gasteiger partial charge on any atom is -0.497 e. The standard InChI is InChI=1S/C19H24N4O3/c1-25-16-6-7-17(26-2)14(11-16)12-18(24)22-15-5-3-10-23(13-15)19-20-8-4-9-21-19/h4,6-9,11,15H,3,5,10,12-13H2,1-2H3,(H,22,24)/t15-/m0/s1. The van der Waals surface area contributed by atoms with Gasteiger partial charge in [0.15, 0.2) is 0 Å². The summed E-state index contributed by atoms with van der Waals surface area (Å²) in [5.41, 5.74) is 0.809. The van der Waals surface area contributed by atoms with Gasteiger partial charge >= 0.3 is 0 Å². The van der Waals surface area contributed by atoms with E-state index >= 15 is 0 Å². The molecule has 1 aromatic heterocycles. The summed E-state index contributed by atoms with van der Waals surface area (Å²) in [6.45, 7) is 1.62. The summed E-state index contributed by atoms with van der Waals surface area (Å²) in [6, 6.07) is 7.35. The highest BCUT2D eigenvalue weighted by atomic mass is 16.5. The van der Waals surface area contributed by atoms with Crippen LogP contribution in [0.4, 0.5) is 5.95 Å². The maximum absolute atomic E-state index is 12.5. The first kappa shape index (κ1) is 18.0. The summed E-state index contributed by atoms with van der Waals surface area (Å²) in [4.78, 5) is 23.2. The molecule has 0 radical (unpaired) electrons. The van der Waals surface area contributed by atoms with Crippen LogP contribution in [0.5, 0.6) is 11.5 Å². The molecule has 1 aromatic carbocycles. The van der Waals surface area contributed by atoms with Crippen LogP contribution in [0, 0.1) is 0 Å². The average Bonchev–Trinajstić information content (AvgIpc) is 2.68. The van der Waals surface area contributed by atoms with Gasteiger partial charge in [0, 0.05) is 37.1 Å². The molecule has 7 heteroatoms. The predicted molar refractivity (Wildman–Crippen MR) is 98.7 cm³/mol. The number of methoxy groups -OCH3 is 2.